The first-order valence-electron chi connectivity index (χ1n) is 4.82. The van der Waals surface area contributed by atoms with E-state index in [0.29, 0.717) is 17.4 Å². The highest BCUT2D eigenvalue weighted by atomic mass is 35.5. The van der Waals surface area contributed by atoms with Gasteiger partial charge in [-0.05, 0) is 27.2 Å². The zero-order valence-corrected chi connectivity index (χ0v) is 9.97. The monoisotopic (exact) mass is 229 g/mol. The van der Waals surface area contributed by atoms with Crippen LogP contribution in [0, 0.1) is 6.92 Å². The Morgan fingerprint density at radius 1 is 1.47 bits per heavy atom. The van der Waals surface area contributed by atoms with Crippen molar-refractivity contribution < 1.29 is 5.11 Å². The highest BCUT2D eigenvalue weighted by Crippen LogP contribution is 2.22. The highest BCUT2D eigenvalue weighted by molar-refractivity contribution is 6.30. The number of nitrogens with zero attached hydrogens (tertiary/aromatic N) is 2. The summed E-state index contributed by atoms with van der Waals surface area (Å²) in [5.41, 5.74) is 0.613. The van der Waals surface area contributed by atoms with Gasteiger partial charge in [0.05, 0.1) is 0 Å². The first-order chi connectivity index (χ1) is 6.96. The Labute approximate surface area is 94.7 Å². The molecule has 0 aliphatic heterocycles. The fourth-order valence-electron chi connectivity index (χ4n) is 1.22. The van der Waals surface area contributed by atoms with E-state index in [1.54, 1.807) is 0 Å². The lowest BCUT2D eigenvalue weighted by atomic mass is 10.0. The van der Waals surface area contributed by atoms with Gasteiger partial charge >= 0.3 is 0 Å². The van der Waals surface area contributed by atoms with E-state index in [2.05, 4.69) is 15.3 Å². The van der Waals surface area contributed by atoms with E-state index in [-0.39, 0.29) is 12.1 Å². The number of rotatable bonds is 4. The number of hydrogen-bond acceptors (Lipinski definition) is 4. The summed E-state index contributed by atoms with van der Waals surface area (Å²) in [5.74, 6) is 0.716. The number of aliphatic hydroxyl groups is 1. The molecule has 0 unspecified atom stereocenters. The van der Waals surface area contributed by atoms with Crippen LogP contribution in [0.3, 0.4) is 0 Å². The molecule has 1 rings (SSSR count). The quantitative estimate of drug-likeness (QED) is 0.776. The zero-order valence-electron chi connectivity index (χ0n) is 9.21. The predicted octanol–water partition coefficient (Wildman–Crippen LogP) is 2.01. The normalized spacial score (nSPS) is 11.5. The van der Waals surface area contributed by atoms with Crippen LogP contribution in [0.1, 0.15) is 25.8 Å². The van der Waals surface area contributed by atoms with Gasteiger partial charge in [-0.1, -0.05) is 11.6 Å². The minimum atomic E-state index is -0.211. The van der Waals surface area contributed by atoms with Crippen molar-refractivity contribution in [1.29, 1.82) is 0 Å². The average Bonchev–Trinajstić information content (AvgIpc) is 2.12. The van der Waals surface area contributed by atoms with Gasteiger partial charge in [0, 0.05) is 17.7 Å². The van der Waals surface area contributed by atoms with Crippen molar-refractivity contribution in [2.75, 3.05) is 11.9 Å². The maximum Gasteiger partial charge on any atom is 0.137 e. The first-order valence-corrected chi connectivity index (χ1v) is 5.20. The van der Waals surface area contributed by atoms with Crippen molar-refractivity contribution in [3.63, 3.8) is 0 Å². The van der Waals surface area contributed by atoms with Crippen LogP contribution in [-0.2, 0) is 0 Å². The Balaban J connectivity index is 2.85. The van der Waals surface area contributed by atoms with Crippen LogP contribution >= 0.6 is 11.6 Å². The molecule has 84 valence electrons. The van der Waals surface area contributed by atoms with Gasteiger partial charge in [0.1, 0.15) is 17.3 Å². The van der Waals surface area contributed by atoms with Gasteiger partial charge in [-0.2, -0.15) is 0 Å². The molecule has 1 aromatic rings. The summed E-state index contributed by atoms with van der Waals surface area (Å²) in [6, 6.07) is 0. The Kier molecular flexibility index (Phi) is 3.88. The summed E-state index contributed by atoms with van der Waals surface area (Å²) in [6.07, 6.45) is 2.07. The smallest absolute Gasteiger partial charge is 0.137 e. The van der Waals surface area contributed by atoms with Crippen molar-refractivity contribution in [3.8, 4) is 0 Å². The van der Waals surface area contributed by atoms with E-state index < -0.39 is 0 Å². The van der Waals surface area contributed by atoms with E-state index in [9.17, 15) is 0 Å². The van der Waals surface area contributed by atoms with Crippen molar-refractivity contribution >= 4 is 17.4 Å². The molecular formula is C10H16ClN3O. The maximum atomic E-state index is 8.90. The minimum absolute atomic E-state index is 0.137. The van der Waals surface area contributed by atoms with Crippen LogP contribution in [0.25, 0.3) is 0 Å². The molecule has 0 aromatic carbocycles. The fraction of sp³-hybridized carbons (Fsp3) is 0.600. The van der Waals surface area contributed by atoms with Gasteiger partial charge < -0.3 is 10.4 Å². The van der Waals surface area contributed by atoms with Crippen molar-refractivity contribution in [1.82, 2.24) is 9.97 Å². The van der Waals surface area contributed by atoms with Gasteiger partial charge in [-0.15, -0.1) is 0 Å². The minimum Gasteiger partial charge on any atom is -0.396 e. The van der Waals surface area contributed by atoms with E-state index >= 15 is 0 Å². The standard InChI is InChI=1S/C10H16ClN3O/c1-7-8(11)12-6-13-9(7)14-10(2,3)4-5-15/h6,15H,4-5H2,1-3H3,(H,12,13,14). The maximum absolute atomic E-state index is 8.90. The third kappa shape index (κ3) is 3.32. The largest absolute Gasteiger partial charge is 0.396 e. The number of anilines is 1. The lowest BCUT2D eigenvalue weighted by Crippen LogP contribution is -2.32. The molecule has 0 aliphatic carbocycles. The second-order valence-electron chi connectivity index (χ2n) is 4.12. The molecule has 0 amide bonds. The Bertz CT molecular complexity index is 341. The number of halogens is 1. The van der Waals surface area contributed by atoms with Crippen LogP contribution in [-0.4, -0.2) is 27.2 Å². The summed E-state index contributed by atoms with van der Waals surface area (Å²) < 4.78 is 0. The Morgan fingerprint density at radius 2 is 2.13 bits per heavy atom. The molecule has 0 atom stereocenters. The molecule has 4 nitrogen and oxygen atoms in total. The third-order valence-electron chi connectivity index (χ3n) is 2.22. The van der Waals surface area contributed by atoms with Crippen molar-refractivity contribution in [2.45, 2.75) is 32.7 Å². The second-order valence-corrected chi connectivity index (χ2v) is 4.48. The van der Waals surface area contributed by atoms with Gasteiger partial charge in [0.15, 0.2) is 0 Å². The summed E-state index contributed by atoms with van der Waals surface area (Å²) >= 11 is 5.88. The topological polar surface area (TPSA) is 58.0 Å². The molecule has 15 heavy (non-hydrogen) atoms. The summed E-state index contributed by atoms with van der Waals surface area (Å²) in [4.78, 5) is 8.00. The summed E-state index contributed by atoms with van der Waals surface area (Å²) in [6.45, 7) is 5.99. The lowest BCUT2D eigenvalue weighted by Gasteiger charge is -2.26. The molecule has 1 aromatic heterocycles. The number of aromatic nitrogens is 2. The van der Waals surface area contributed by atoms with Crippen LogP contribution in [0.2, 0.25) is 5.15 Å². The van der Waals surface area contributed by atoms with E-state index in [4.69, 9.17) is 16.7 Å². The molecule has 0 radical (unpaired) electrons. The fourth-order valence-corrected chi connectivity index (χ4v) is 1.35. The second kappa shape index (κ2) is 4.77. The molecular weight excluding hydrogens is 214 g/mol. The number of nitrogens with one attached hydrogen (secondary N) is 1. The van der Waals surface area contributed by atoms with E-state index in [1.165, 1.54) is 6.33 Å². The molecule has 1 heterocycles. The molecule has 0 saturated carbocycles. The predicted molar refractivity (Wildman–Crippen MR) is 61.2 cm³/mol. The molecule has 0 spiro atoms. The molecule has 0 bridgehead atoms. The van der Waals surface area contributed by atoms with Gasteiger partial charge in [0.2, 0.25) is 0 Å². The van der Waals surface area contributed by atoms with Crippen LogP contribution in [0.4, 0.5) is 5.82 Å². The molecule has 5 heteroatoms. The third-order valence-corrected chi connectivity index (χ3v) is 2.60. The molecule has 0 fully saturated rings. The van der Waals surface area contributed by atoms with Crippen molar-refractivity contribution in [2.24, 2.45) is 0 Å². The highest BCUT2D eigenvalue weighted by Gasteiger charge is 2.18. The zero-order chi connectivity index (χ0) is 11.5. The van der Waals surface area contributed by atoms with Crippen LogP contribution < -0.4 is 5.32 Å². The summed E-state index contributed by atoms with van der Waals surface area (Å²) in [5, 5.41) is 12.6. The van der Waals surface area contributed by atoms with E-state index in [0.717, 1.165) is 5.56 Å². The van der Waals surface area contributed by atoms with Crippen molar-refractivity contribution in [3.05, 3.63) is 17.0 Å². The molecule has 2 N–H and O–H groups in total. The van der Waals surface area contributed by atoms with Gasteiger partial charge in [-0.25, -0.2) is 9.97 Å². The van der Waals surface area contributed by atoms with Gasteiger partial charge in [0.25, 0.3) is 0 Å². The lowest BCUT2D eigenvalue weighted by molar-refractivity contribution is 0.260. The van der Waals surface area contributed by atoms with Crippen LogP contribution in [0.15, 0.2) is 6.33 Å². The molecule has 0 saturated heterocycles. The van der Waals surface area contributed by atoms with Crippen LogP contribution in [0.5, 0.6) is 0 Å². The number of hydrogen-bond donors (Lipinski definition) is 2. The SMILES string of the molecule is Cc1c(Cl)ncnc1NC(C)(C)CCO. The molecule has 0 aliphatic rings. The summed E-state index contributed by atoms with van der Waals surface area (Å²) in [7, 11) is 0. The Hall–Kier alpha value is -0.870. The van der Waals surface area contributed by atoms with E-state index in [1.807, 2.05) is 20.8 Å². The number of aliphatic hydroxyl groups excluding tert-OH is 1. The van der Waals surface area contributed by atoms with Gasteiger partial charge in [-0.3, -0.25) is 0 Å². The Morgan fingerprint density at radius 3 is 2.73 bits per heavy atom. The first kappa shape index (κ1) is 12.2. The average molecular weight is 230 g/mol.